The number of esters is 1. The number of benzene rings is 2. The quantitative estimate of drug-likeness (QED) is 0.360. The fraction of sp³-hybridized carbons (Fsp3) is 0.429. The monoisotopic (exact) mass is 463 g/mol. The molecule has 1 aromatic heterocycles. The Morgan fingerprint density at radius 2 is 1.71 bits per heavy atom. The molecule has 1 aliphatic rings. The number of aliphatic hydroxyl groups is 1. The van der Waals surface area contributed by atoms with E-state index in [2.05, 4.69) is 19.1 Å². The lowest BCUT2D eigenvalue weighted by molar-refractivity contribution is -0.904. The third-order valence-corrected chi connectivity index (χ3v) is 6.81. The van der Waals surface area contributed by atoms with Crippen molar-refractivity contribution in [1.29, 1.82) is 0 Å². The Bertz CT molecular complexity index is 1060. The van der Waals surface area contributed by atoms with Crippen molar-refractivity contribution in [2.75, 3.05) is 27.2 Å². The maximum atomic E-state index is 12.2. The van der Waals surface area contributed by atoms with E-state index in [0.29, 0.717) is 41.4 Å². The number of carbonyl (C=O) groups excluding carboxylic acids is 1. The van der Waals surface area contributed by atoms with Crippen molar-refractivity contribution in [3.8, 4) is 0 Å². The average Bonchev–Trinajstić information content (AvgIpc) is 3.33. The van der Waals surface area contributed by atoms with Crippen LogP contribution in [0.2, 0.25) is 0 Å². The number of oxazole rings is 1. The van der Waals surface area contributed by atoms with Gasteiger partial charge in [0.15, 0.2) is 11.4 Å². The number of hydrogen-bond acceptors (Lipinski definition) is 5. The zero-order chi connectivity index (χ0) is 24.0. The molecular formula is C28H35N2O4+. The molecule has 180 valence electrons. The van der Waals surface area contributed by atoms with Gasteiger partial charge in [-0.15, -0.1) is 0 Å². The number of nitrogens with zero attached hydrogens (tertiary/aromatic N) is 2. The van der Waals surface area contributed by atoms with Crippen LogP contribution in [0, 0.1) is 5.92 Å². The topological polar surface area (TPSA) is 72.6 Å². The van der Waals surface area contributed by atoms with Crippen molar-refractivity contribution in [3.05, 3.63) is 89.6 Å². The van der Waals surface area contributed by atoms with Crippen molar-refractivity contribution in [1.82, 2.24) is 4.98 Å². The Morgan fingerprint density at radius 3 is 2.38 bits per heavy atom. The van der Waals surface area contributed by atoms with Gasteiger partial charge in [0, 0.05) is 5.92 Å². The SMILES string of the molecule is C[N+](C)(CCOC(=O)c1ccccc1)Cc1cnc(C(O)(c2ccccc2)C2CCCCC2)o1. The van der Waals surface area contributed by atoms with Crippen molar-refractivity contribution in [3.63, 3.8) is 0 Å². The summed E-state index contributed by atoms with van der Waals surface area (Å²) in [6.45, 7) is 1.50. The van der Waals surface area contributed by atoms with Gasteiger partial charge in [-0.05, 0) is 30.5 Å². The van der Waals surface area contributed by atoms with E-state index in [1.54, 1.807) is 18.3 Å². The molecule has 1 fully saturated rings. The van der Waals surface area contributed by atoms with Crippen LogP contribution < -0.4 is 0 Å². The Hall–Kier alpha value is -2.96. The molecule has 6 nitrogen and oxygen atoms in total. The van der Waals surface area contributed by atoms with Gasteiger partial charge in [-0.25, -0.2) is 9.78 Å². The molecule has 0 amide bonds. The fourth-order valence-corrected chi connectivity index (χ4v) is 4.85. The first-order valence-corrected chi connectivity index (χ1v) is 12.2. The van der Waals surface area contributed by atoms with Crippen LogP contribution in [0.25, 0.3) is 0 Å². The van der Waals surface area contributed by atoms with E-state index in [1.165, 1.54) is 6.42 Å². The first kappa shape index (κ1) is 24.2. The van der Waals surface area contributed by atoms with E-state index in [9.17, 15) is 9.90 Å². The summed E-state index contributed by atoms with van der Waals surface area (Å²) in [4.78, 5) is 16.8. The standard InChI is InChI=1S/C28H35N2O4/c1-30(2,18-19-33-26(31)22-12-6-3-7-13-22)21-25-20-29-27(34-25)28(32,23-14-8-4-9-15-23)24-16-10-5-11-17-24/h3-4,6-9,12-15,20,24,32H,5,10-11,16-19,21H2,1-2H3/q+1. The normalized spacial score (nSPS) is 16.7. The van der Waals surface area contributed by atoms with Crippen LogP contribution in [-0.4, -0.2) is 47.8 Å². The van der Waals surface area contributed by atoms with Gasteiger partial charge in [-0.1, -0.05) is 67.8 Å². The molecule has 0 aliphatic heterocycles. The van der Waals surface area contributed by atoms with Crippen molar-refractivity contribution < 1.29 is 23.5 Å². The molecule has 1 atom stereocenters. The number of rotatable bonds is 9. The van der Waals surface area contributed by atoms with Gasteiger partial charge in [-0.3, -0.25) is 0 Å². The molecule has 0 spiro atoms. The van der Waals surface area contributed by atoms with Crippen molar-refractivity contribution >= 4 is 5.97 Å². The van der Waals surface area contributed by atoms with Gasteiger partial charge in [0.25, 0.3) is 0 Å². The van der Waals surface area contributed by atoms with Crippen LogP contribution in [-0.2, 0) is 16.9 Å². The molecule has 0 radical (unpaired) electrons. The maximum Gasteiger partial charge on any atom is 0.338 e. The first-order chi connectivity index (χ1) is 16.4. The van der Waals surface area contributed by atoms with Crippen LogP contribution >= 0.6 is 0 Å². The Balaban J connectivity index is 1.44. The van der Waals surface area contributed by atoms with Gasteiger partial charge < -0.3 is 18.7 Å². The maximum absolute atomic E-state index is 12.2. The van der Waals surface area contributed by atoms with Crippen molar-refractivity contribution in [2.45, 2.75) is 44.2 Å². The highest BCUT2D eigenvalue weighted by Crippen LogP contribution is 2.43. The van der Waals surface area contributed by atoms with E-state index in [0.717, 1.165) is 31.2 Å². The zero-order valence-corrected chi connectivity index (χ0v) is 20.2. The predicted molar refractivity (Wildman–Crippen MR) is 130 cm³/mol. The molecule has 6 heteroatoms. The summed E-state index contributed by atoms with van der Waals surface area (Å²) in [5.74, 6) is 0.841. The highest BCUT2D eigenvalue weighted by Gasteiger charge is 2.44. The highest BCUT2D eigenvalue weighted by molar-refractivity contribution is 5.89. The minimum absolute atomic E-state index is 0.0787. The second kappa shape index (κ2) is 10.5. The summed E-state index contributed by atoms with van der Waals surface area (Å²) in [7, 11) is 4.12. The minimum Gasteiger partial charge on any atom is -0.456 e. The van der Waals surface area contributed by atoms with Crippen LogP contribution in [0.1, 0.15) is 59.7 Å². The number of aromatic nitrogens is 1. The lowest BCUT2D eigenvalue weighted by Gasteiger charge is -2.36. The van der Waals surface area contributed by atoms with Gasteiger partial charge >= 0.3 is 5.97 Å². The summed E-state index contributed by atoms with van der Waals surface area (Å²) in [5, 5.41) is 12.0. The molecule has 1 heterocycles. The molecule has 0 saturated heterocycles. The Kier molecular flexibility index (Phi) is 7.49. The molecule has 1 N–H and O–H groups in total. The number of carbonyl (C=O) groups is 1. The van der Waals surface area contributed by atoms with Crippen LogP contribution in [0.4, 0.5) is 0 Å². The Labute approximate surface area is 201 Å². The molecule has 4 rings (SSSR count). The van der Waals surface area contributed by atoms with E-state index in [-0.39, 0.29) is 11.9 Å². The largest absolute Gasteiger partial charge is 0.456 e. The number of likely N-dealkylation sites (N-methyl/N-ethyl adjacent to an activating group) is 1. The summed E-state index contributed by atoms with van der Waals surface area (Å²) < 4.78 is 12.2. The molecule has 1 unspecified atom stereocenters. The lowest BCUT2D eigenvalue weighted by Crippen LogP contribution is -2.41. The molecule has 3 aromatic rings. The molecule has 0 bridgehead atoms. The van der Waals surface area contributed by atoms with E-state index in [4.69, 9.17) is 9.15 Å². The lowest BCUT2D eigenvalue weighted by atomic mass is 9.73. The molecule has 1 saturated carbocycles. The number of quaternary nitrogens is 1. The fourth-order valence-electron chi connectivity index (χ4n) is 4.85. The third-order valence-electron chi connectivity index (χ3n) is 6.81. The van der Waals surface area contributed by atoms with Crippen LogP contribution in [0.15, 0.2) is 71.3 Å². The van der Waals surface area contributed by atoms with Gasteiger partial charge in [0.05, 0.1) is 25.9 Å². The van der Waals surface area contributed by atoms with Gasteiger partial charge in [-0.2, -0.15) is 0 Å². The summed E-state index contributed by atoms with van der Waals surface area (Å²) in [6.07, 6.45) is 7.06. The van der Waals surface area contributed by atoms with E-state index in [1.807, 2.05) is 48.5 Å². The second-order valence-corrected chi connectivity index (χ2v) is 9.92. The first-order valence-electron chi connectivity index (χ1n) is 12.2. The molecule has 2 aromatic carbocycles. The molecule has 34 heavy (non-hydrogen) atoms. The van der Waals surface area contributed by atoms with Gasteiger partial charge in [0.2, 0.25) is 5.89 Å². The smallest absolute Gasteiger partial charge is 0.338 e. The van der Waals surface area contributed by atoms with Crippen LogP contribution in [0.5, 0.6) is 0 Å². The average molecular weight is 464 g/mol. The Morgan fingerprint density at radius 1 is 1.06 bits per heavy atom. The van der Waals surface area contributed by atoms with Crippen LogP contribution in [0.3, 0.4) is 0 Å². The summed E-state index contributed by atoms with van der Waals surface area (Å²) >= 11 is 0. The second-order valence-electron chi connectivity index (χ2n) is 9.92. The van der Waals surface area contributed by atoms with E-state index >= 15 is 0 Å². The zero-order valence-electron chi connectivity index (χ0n) is 20.2. The molecular weight excluding hydrogens is 428 g/mol. The van der Waals surface area contributed by atoms with Crippen molar-refractivity contribution in [2.24, 2.45) is 5.92 Å². The minimum atomic E-state index is -1.23. The predicted octanol–water partition coefficient (Wildman–Crippen LogP) is 4.92. The summed E-state index contributed by atoms with van der Waals surface area (Å²) in [6, 6.07) is 18.8. The van der Waals surface area contributed by atoms with E-state index < -0.39 is 5.60 Å². The van der Waals surface area contributed by atoms with Gasteiger partial charge in [0.1, 0.15) is 19.7 Å². The number of hydrogen-bond donors (Lipinski definition) is 1. The summed E-state index contributed by atoms with van der Waals surface area (Å²) in [5.41, 5.74) is 0.148. The third kappa shape index (κ3) is 5.57. The highest BCUT2D eigenvalue weighted by atomic mass is 16.5. The number of ether oxygens (including phenoxy) is 1. The molecule has 1 aliphatic carbocycles.